The first-order valence-corrected chi connectivity index (χ1v) is 8.06. The fourth-order valence-corrected chi connectivity index (χ4v) is 2.74. The van der Waals surface area contributed by atoms with E-state index in [1.54, 1.807) is 11.7 Å². The highest BCUT2D eigenvalue weighted by Crippen LogP contribution is 2.21. The minimum absolute atomic E-state index is 0.0735. The molecule has 0 unspecified atom stereocenters. The lowest BCUT2D eigenvalue weighted by molar-refractivity contribution is -0.133. The van der Waals surface area contributed by atoms with Gasteiger partial charge < -0.3 is 4.90 Å². The summed E-state index contributed by atoms with van der Waals surface area (Å²) in [6.45, 7) is 6.73. The summed E-state index contributed by atoms with van der Waals surface area (Å²) >= 11 is 1.35. The Bertz CT molecular complexity index is 620. The van der Waals surface area contributed by atoms with Crippen LogP contribution < -0.4 is 0 Å². The second kappa shape index (κ2) is 6.91. The third-order valence-electron chi connectivity index (χ3n) is 3.20. The summed E-state index contributed by atoms with van der Waals surface area (Å²) < 4.78 is 1.57. The first kappa shape index (κ1) is 16.5. The van der Waals surface area contributed by atoms with Gasteiger partial charge in [0.15, 0.2) is 0 Å². The molecule has 0 aliphatic rings. The van der Waals surface area contributed by atoms with Crippen molar-refractivity contribution in [2.75, 3.05) is 5.75 Å². The second-order valence-corrected chi connectivity index (χ2v) is 6.95. The molecule has 0 atom stereocenters. The Morgan fingerprint density at radius 3 is 2.50 bits per heavy atom. The highest BCUT2D eigenvalue weighted by Gasteiger charge is 2.26. The van der Waals surface area contributed by atoms with E-state index in [-0.39, 0.29) is 11.4 Å². The van der Waals surface area contributed by atoms with Gasteiger partial charge in [0.2, 0.25) is 11.1 Å². The number of aromatic nitrogens is 4. The quantitative estimate of drug-likeness (QED) is 0.790. The van der Waals surface area contributed by atoms with Crippen LogP contribution in [0.3, 0.4) is 0 Å². The Labute approximate surface area is 134 Å². The van der Waals surface area contributed by atoms with Gasteiger partial charge in [-0.05, 0) is 36.8 Å². The third kappa shape index (κ3) is 4.30. The van der Waals surface area contributed by atoms with Crippen LogP contribution in [-0.2, 0) is 18.4 Å². The zero-order valence-corrected chi connectivity index (χ0v) is 14.2. The number of carbonyl (C=O) groups is 1. The molecule has 0 N–H and O–H groups in total. The number of benzene rings is 1. The third-order valence-corrected chi connectivity index (χ3v) is 4.20. The van der Waals surface area contributed by atoms with Crippen LogP contribution >= 0.6 is 11.8 Å². The maximum Gasteiger partial charge on any atom is 0.233 e. The smallest absolute Gasteiger partial charge is 0.233 e. The molecule has 1 amide bonds. The molecule has 0 aliphatic heterocycles. The molecule has 0 saturated heterocycles. The predicted octanol–water partition coefficient (Wildman–Crippen LogP) is 2.13. The van der Waals surface area contributed by atoms with E-state index >= 15 is 0 Å². The van der Waals surface area contributed by atoms with E-state index < -0.39 is 0 Å². The van der Waals surface area contributed by atoms with Gasteiger partial charge in [-0.25, -0.2) is 4.68 Å². The van der Waals surface area contributed by atoms with Gasteiger partial charge in [-0.1, -0.05) is 42.1 Å². The fourth-order valence-electron chi connectivity index (χ4n) is 2.01. The SMILES string of the molecule is Cn1nnnc1SCC(=O)N(Cc1ccccc1)C(C)(C)C. The number of tetrazole rings is 1. The van der Waals surface area contributed by atoms with Gasteiger partial charge in [-0.2, -0.15) is 0 Å². The lowest BCUT2D eigenvalue weighted by Gasteiger charge is -2.36. The van der Waals surface area contributed by atoms with Gasteiger partial charge in [0, 0.05) is 19.1 Å². The molecule has 1 aromatic heterocycles. The summed E-state index contributed by atoms with van der Waals surface area (Å²) in [7, 11) is 1.76. The number of hydrogen-bond acceptors (Lipinski definition) is 5. The number of carbonyl (C=O) groups excluding carboxylic acids is 1. The zero-order chi connectivity index (χ0) is 16.2. The number of hydrogen-bond donors (Lipinski definition) is 0. The number of rotatable bonds is 5. The van der Waals surface area contributed by atoms with Gasteiger partial charge >= 0.3 is 0 Å². The molecule has 22 heavy (non-hydrogen) atoms. The van der Waals surface area contributed by atoms with Crippen molar-refractivity contribution in [3.05, 3.63) is 35.9 Å². The van der Waals surface area contributed by atoms with Crippen molar-refractivity contribution >= 4 is 17.7 Å². The highest BCUT2D eigenvalue weighted by molar-refractivity contribution is 7.99. The van der Waals surface area contributed by atoms with Crippen molar-refractivity contribution in [3.8, 4) is 0 Å². The molecular weight excluding hydrogens is 298 g/mol. The van der Waals surface area contributed by atoms with E-state index in [0.29, 0.717) is 17.5 Å². The van der Waals surface area contributed by atoms with Gasteiger partial charge in [0.1, 0.15) is 0 Å². The Hall–Kier alpha value is -1.89. The van der Waals surface area contributed by atoms with Crippen LogP contribution in [-0.4, -0.2) is 42.3 Å². The van der Waals surface area contributed by atoms with E-state index in [4.69, 9.17) is 0 Å². The van der Waals surface area contributed by atoms with Crippen molar-refractivity contribution in [2.24, 2.45) is 7.05 Å². The summed E-state index contributed by atoms with van der Waals surface area (Å²) in [6, 6.07) is 10.0. The minimum Gasteiger partial charge on any atom is -0.333 e. The number of thioether (sulfide) groups is 1. The van der Waals surface area contributed by atoms with Crippen LogP contribution in [0.5, 0.6) is 0 Å². The second-order valence-electron chi connectivity index (χ2n) is 6.01. The van der Waals surface area contributed by atoms with Crippen molar-refractivity contribution in [1.29, 1.82) is 0 Å². The zero-order valence-electron chi connectivity index (χ0n) is 13.4. The number of aryl methyl sites for hydroxylation is 1. The van der Waals surface area contributed by atoms with E-state index in [0.717, 1.165) is 5.56 Å². The Kier molecular flexibility index (Phi) is 5.18. The van der Waals surface area contributed by atoms with Crippen molar-refractivity contribution < 1.29 is 4.79 Å². The van der Waals surface area contributed by atoms with Gasteiger partial charge in [0.25, 0.3) is 0 Å². The monoisotopic (exact) mass is 319 g/mol. The summed E-state index contributed by atoms with van der Waals surface area (Å²) in [5.41, 5.74) is 0.877. The molecule has 2 rings (SSSR count). The molecule has 0 aliphatic carbocycles. The lowest BCUT2D eigenvalue weighted by Crippen LogP contribution is -2.45. The van der Waals surface area contributed by atoms with Crippen LogP contribution in [0.25, 0.3) is 0 Å². The standard InChI is InChI=1S/C15H21N5OS/c1-15(2,3)20(10-12-8-6-5-7-9-12)13(21)11-22-14-16-17-18-19(14)4/h5-9H,10-11H2,1-4H3. The van der Waals surface area contributed by atoms with E-state index in [9.17, 15) is 4.79 Å². The molecular formula is C15H21N5OS. The summed E-state index contributed by atoms with van der Waals surface area (Å²) in [5, 5.41) is 11.9. The van der Waals surface area contributed by atoms with Crippen LogP contribution in [0.1, 0.15) is 26.3 Å². The van der Waals surface area contributed by atoms with Crippen molar-refractivity contribution in [2.45, 2.75) is 38.0 Å². The fraction of sp³-hybridized carbons (Fsp3) is 0.467. The molecule has 0 saturated carbocycles. The minimum atomic E-state index is -0.244. The average molecular weight is 319 g/mol. The van der Waals surface area contributed by atoms with Gasteiger partial charge in [-0.15, -0.1) is 5.10 Å². The van der Waals surface area contributed by atoms with Crippen molar-refractivity contribution in [3.63, 3.8) is 0 Å². The Morgan fingerprint density at radius 1 is 1.27 bits per heavy atom. The molecule has 2 aromatic rings. The number of nitrogens with zero attached hydrogens (tertiary/aromatic N) is 5. The first-order valence-electron chi connectivity index (χ1n) is 7.07. The molecule has 7 heteroatoms. The molecule has 0 fully saturated rings. The normalized spacial score (nSPS) is 11.5. The van der Waals surface area contributed by atoms with E-state index in [1.807, 2.05) is 56.0 Å². The van der Waals surface area contributed by atoms with Gasteiger partial charge in [-0.3, -0.25) is 4.79 Å². The first-order chi connectivity index (χ1) is 10.4. The maximum absolute atomic E-state index is 12.6. The predicted molar refractivity (Wildman–Crippen MR) is 86.3 cm³/mol. The van der Waals surface area contributed by atoms with Crippen LogP contribution in [0, 0.1) is 0 Å². The lowest BCUT2D eigenvalue weighted by atomic mass is 10.0. The molecule has 0 bridgehead atoms. The Morgan fingerprint density at radius 2 is 1.95 bits per heavy atom. The average Bonchev–Trinajstić information content (AvgIpc) is 2.87. The van der Waals surface area contributed by atoms with Crippen LogP contribution in [0.4, 0.5) is 0 Å². The molecule has 0 radical (unpaired) electrons. The summed E-state index contributed by atoms with van der Waals surface area (Å²) in [6.07, 6.45) is 0. The Balaban J connectivity index is 2.05. The molecule has 1 aromatic carbocycles. The molecule has 6 nitrogen and oxygen atoms in total. The summed E-state index contributed by atoms with van der Waals surface area (Å²) in [5.74, 6) is 0.391. The van der Waals surface area contributed by atoms with E-state index in [2.05, 4.69) is 15.5 Å². The highest BCUT2D eigenvalue weighted by atomic mass is 32.2. The van der Waals surface area contributed by atoms with Gasteiger partial charge in [0.05, 0.1) is 5.75 Å². The largest absolute Gasteiger partial charge is 0.333 e. The summed E-state index contributed by atoms with van der Waals surface area (Å²) in [4.78, 5) is 14.5. The molecule has 1 heterocycles. The molecule has 118 valence electrons. The number of amides is 1. The van der Waals surface area contributed by atoms with E-state index in [1.165, 1.54) is 11.8 Å². The van der Waals surface area contributed by atoms with Crippen LogP contribution in [0.15, 0.2) is 35.5 Å². The topological polar surface area (TPSA) is 63.9 Å². The maximum atomic E-state index is 12.6. The van der Waals surface area contributed by atoms with Crippen molar-refractivity contribution in [1.82, 2.24) is 25.1 Å². The molecule has 0 spiro atoms. The van der Waals surface area contributed by atoms with Crippen LogP contribution in [0.2, 0.25) is 0 Å².